The van der Waals surface area contributed by atoms with Gasteiger partial charge in [0.25, 0.3) is 0 Å². The van der Waals surface area contributed by atoms with E-state index in [1.54, 1.807) is 6.92 Å². The highest BCUT2D eigenvalue weighted by Gasteiger charge is 2.27. The smallest absolute Gasteiger partial charge is 0.411 e. The summed E-state index contributed by atoms with van der Waals surface area (Å²) < 4.78 is 44.2. The third-order valence-electron chi connectivity index (χ3n) is 1.73. The Hall–Kier alpha value is -0.470. The van der Waals surface area contributed by atoms with Crippen LogP contribution in [0.15, 0.2) is 0 Å². The van der Waals surface area contributed by atoms with Gasteiger partial charge >= 0.3 is 12.1 Å². The highest BCUT2D eigenvalue weighted by atomic mass is 32.2. The Labute approximate surface area is 108 Å². The lowest BCUT2D eigenvalue weighted by atomic mass is 10.4. The van der Waals surface area contributed by atoms with Gasteiger partial charge in [0, 0.05) is 12.4 Å². The number of carbonyl (C=O) groups excluding carboxylic acids is 1. The molecule has 0 saturated carbocycles. The SMILES string of the molecule is CCOC(=O)C(N)CSCCCOCC(F)(F)F. The molecule has 0 aliphatic rings. The number of rotatable bonds is 9. The van der Waals surface area contributed by atoms with Crippen LogP contribution in [0.2, 0.25) is 0 Å². The van der Waals surface area contributed by atoms with E-state index in [0.717, 1.165) is 0 Å². The molecule has 0 aromatic carbocycles. The lowest BCUT2D eigenvalue weighted by molar-refractivity contribution is -0.173. The van der Waals surface area contributed by atoms with Crippen molar-refractivity contribution in [2.24, 2.45) is 5.73 Å². The zero-order chi connectivity index (χ0) is 14.0. The number of ether oxygens (including phenoxy) is 2. The van der Waals surface area contributed by atoms with Crippen LogP contribution >= 0.6 is 11.8 Å². The molecule has 0 spiro atoms. The minimum atomic E-state index is -4.28. The number of thioether (sulfide) groups is 1. The van der Waals surface area contributed by atoms with Gasteiger partial charge in [0.05, 0.1) is 6.61 Å². The maximum atomic E-state index is 11.7. The molecule has 0 rings (SSSR count). The van der Waals surface area contributed by atoms with Gasteiger partial charge in [-0.25, -0.2) is 0 Å². The summed E-state index contributed by atoms with van der Waals surface area (Å²) in [5, 5.41) is 0. The van der Waals surface area contributed by atoms with Crippen LogP contribution in [0, 0.1) is 0 Å². The predicted octanol–water partition coefficient (Wildman–Crippen LogP) is 1.58. The van der Waals surface area contributed by atoms with Crippen molar-refractivity contribution < 1.29 is 27.4 Å². The van der Waals surface area contributed by atoms with Crippen LogP contribution in [0.5, 0.6) is 0 Å². The first kappa shape index (κ1) is 17.5. The van der Waals surface area contributed by atoms with Crippen molar-refractivity contribution in [3.05, 3.63) is 0 Å². The summed E-state index contributed by atoms with van der Waals surface area (Å²) >= 11 is 1.39. The monoisotopic (exact) mass is 289 g/mol. The van der Waals surface area contributed by atoms with Crippen molar-refractivity contribution in [2.75, 3.05) is 31.3 Å². The molecule has 18 heavy (non-hydrogen) atoms. The lowest BCUT2D eigenvalue weighted by Gasteiger charge is -2.10. The first-order valence-electron chi connectivity index (χ1n) is 5.51. The number of halogens is 3. The minimum absolute atomic E-state index is 0.0428. The van der Waals surface area contributed by atoms with Crippen molar-refractivity contribution in [2.45, 2.75) is 25.6 Å². The molecule has 2 N–H and O–H groups in total. The van der Waals surface area contributed by atoms with Crippen LogP contribution in [-0.4, -0.2) is 49.5 Å². The van der Waals surface area contributed by atoms with Crippen molar-refractivity contribution in [1.29, 1.82) is 0 Å². The van der Waals surface area contributed by atoms with E-state index in [9.17, 15) is 18.0 Å². The zero-order valence-corrected chi connectivity index (χ0v) is 11.0. The van der Waals surface area contributed by atoms with Crippen LogP contribution in [0.25, 0.3) is 0 Å². The van der Waals surface area contributed by atoms with Crippen LogP contribution < -0.4 is 5.73 Å². The van der Waals surface area contributed by atoms with Crippen molar-refractivity contribution in [3.8, 4) is 0 Å². The normalized spacial score (nSPS) is 13.4. The standard InChI is InChI=1S/C10H18F3NO3S/c1-2-17-9(15)8(14)6-18-5-3-4-16-7-10(11,12)13/h8H,2-7,14H2,1H3. The highest BCUT2D eigenvalue weighted by molar-refractivity contribution is 7.99. The quantitative estimate of drug-likeness (QED) is 0.516. The topological polar surface area (TPSA) is 61.5 Å². The third kappa shape index (κ3) is 10.7. The maximum Gasteiger partial charge on any atom is 0.411 e. The number of hydrogen-bond acceptors (Lipinski definition) is 5. The molecule has 0 aromatic heterocycles. The first-order chi connectivity index (χ1) is 8.37. The minimum Gasteiger partial charge on any atom is -0.465 e. The van der Waals surface area contributed by atoms with E-state index in [-0.39, 0.29) is 13.2 Å². The number of alkyl halides is 3. The van der Waals surface area contributed by atoms with Gasteiger partial charge in [0.15, 0.2) is 0 Å². The molecule has 108 valence electrons. The van der Waals surface area contributed by atoms with Crippen LogP contribution in [0.1, 0.15) is 13.3 Å². The molecule has 0 aliphatic heterocycles. The van der Waals surface area contributed by atoms with Crippen molar-refractivity contribution >= 4 is 17.7 Å². The number of hydrogen-bond donors (Lipinski definition) is 1. The maximum absolute atomic E-state index is 11.7. The number of nitrogens with two attached hydrogens (primary N) is 1. The van der Waals surface area contributed by atoms with E-state index >= 15 is 0 Å². The second-order valence-corrected chi connectivity index (χ2v) is 4.60. The molecule has 4 nitrogen and oxygen atoms in total. The van der Waals surface area contributed by atoms with Gasteiger partial charge in [-0.1, -0.05) is 0 Å². The van der Waals surface area contributed by atoms with Crippen LogP contribution in [-0.2, 0) is 14.3 Å². The predicted molar refractivity (Wildman–Crippen MR) is 63.4 cm³/mol. The Balaban J connectivity index is 3.38. The lowest BCUT2D eigenvalue weighted by Crippen LogP contribution is -2.34. The number of esters is 1. The van der Waals surface area contributed by atoms with Gasteiger partial charge in [-0.05, 0) is 19.1 Å². The average molecular weight is 289 g/mol. The van der Waals surface area contributed by atoms with E-state index in [1.807, 2.05) is 0 Å². The molecule has 0 saturated heterocycles. The summed E-state index contributed by atoms with van der Waals surface area (Å²) in [6.07, 6.45) is -3.80. The molecule has 1 atom stereocenters. The summed E-state index contributed by atoms with van der Waals surface area (Å²) in [6, 6.07) is -0.689. The molecule has 0 radical (unpaired) electrons. The summed E-state index contributed by atoms with van der Waals surface area (Å²) in [7, 11) is 0. The first-order valence-corrected chi connectivity index (χ1v) is 6.66. The molecule has 0 amide bonds. The highest BCUT2D eigenvalue weighted by Crippen LogP contribution is 2.14. The molecule has 0 bridgehead atoms. The summed E-state index contributed by atoms with van der Waals surface area (Å²) in [5.41, 5.74) is 5.53. The Bertz CT molecular complexity index is 239. The Kier molecular flexibility index (Phi) is 9.21. The molecule has 1 unspecified atom stereocenters. The summed E-state index contributed by atoms with van der Waals surface area (Å²) in [6.45, 7) is 0.791. The van der Waals surface area contributed by atoms with Crippen LogP contribution in [0.4, 0.5) is 13.2 Å². The van der Waals surface area contributed by atoms with Crippen LogP contribution in [0.3, 0.4) is 0 Å². The summed E-state index contributed by atoms with van der Waals surface area (Å²) in [5.74, 6) is 0.515. The van der Waals surface area contributed by atoms with Gasteiger partial charge in [0.1, 0.15) is 12.6 Å². The Morgan fingerprint density at radius 2 is 2.11 bits per heavy atom. The molecule has 0 aromatic rings. The third-order valence-corrected chi connectivity index (χ3v) is 2.90. The fourth-order valence-electron chi connectivity index (χ4n) is 0.979. The Morgan fingerprint density at radius 3 is 2.67 bits per heavy atom. The van der Waals surface area contributed by atoms with Gasteiger partial charge in [0.2, 0.25) is 0 Å². The van der Waals surface area contributed by atoms with Crippen molar-refractivity contribution in [3.63, 3.8) is 0 Å². The zero-order valence-electron chi connectivity index (χ0n) is 10.2. The van der Waals surface area contributed by atoms with Crippen molar-refractivity contribution in [1.82, 2.24) is 0 Å². The van der Waals surface area contributed by atoms with Gasteiger partial charge in [-0.2, -0.15) is 24.9 Å². The molecule has 0 heterocycles. The van der Waals surface area contributed by atoms with E-state index in [0.29, 0.717) is 17.9 Å². The number of carbonyl (C=O) groups is 1. The Morgan fingerprint density at radius 1 is 1.44 bits per heavy atom. The average Bonchev–Trinajstić information content (AvgIpc) is 2.26. The second kappa shape index (κ2) is 9.46. The molecule has 8 heteroatoms. The second-order valence-electron chi connectivity index (χ2n) is 3.45. The van der Waals surface area contributed by atoms with E-state index < -0.39 is 24.8 Å². The molecule has 0 fully saturated rings. The van der Waals surface area contributed by atoms with Gasteiger partial charge in [-0.15, -0.1) is 0 Å². The fourth-order valence-corrected chi connectivity index (χ4v) is 1.86. The van der Waals surface area contributed by atoms with Gasteiger partial charge < -0.3 is 15.2 Å². The van der Waals surface area contributed by atoms with E-state index in [1.165, 1.54) is 11.8 Å². The summed E-state index contributed by atoms with van der Waals surface area (Å²) in [4.78, 5) is 11.1. The van der Waals surface area contributed by atoms with E-state index in [2.05, 4.69) is 4.74 Å². The molecular formula is C10H18F3NO3S. The largest absolute Gasteiger partial charge is 0.465 e. The van der Waals surface area contributed by atoms with Gasteiger partial charge in [-0.3, -0.25) is 4.79 Å². The fraction of sp³-hybridized carbons (Fsp3) is 0.900. The van der Waals surface area contributed by atoms with E-state index in [4.69, 9.17) is 10.5 Å². The molecular weight excluding hydrogens is 271 g/mol. The molecule has 0 aliphatic carbocycles.